The number of Topliss-reactive ketones (excluding diaryl/α,β-unsaturated/α-hetero) is 1. The highest BCUT2D eigenvalue weighted by Gasteiger charge is 2.50. The monoisotopic (exact) mass is 506 g/mol. The minimum atomic E-state index is -3.29. The van der Waals surface area contributed by atoms with E-state index in [2.05, 4.69) is 11.4 Å². The molecule has 0 unspecified atom stereocenters. The zero-order valence-electron chi connectivity index (χ0n) is 19.9. The van der Waals surface area contributed by atoms with Crippen molar-refractivity contribution in [3.63, 3.8) is 0 Å². The topological polar surface area (TPSA) is 126 Å². The van der Waals surface area contributed by atoms with Gasteiger partial charge in [-0.15, -0.1) is 0 Å². The average Bonchev–Trinajstić information content (AvgIpc) is 3.51. The Morgan fingerprint density at radius 2 is 1.67 bits per heavy atom. The fraction of sp³-hybridized carbons (Fsp3) is 0.370. The summed E-state index contributed by atoms with van der Waals surface area (Å²) in [6.45, 7) is 0.709. The van der Waals surface area contributed by atoms with Crippen LogP contribution in [-0.2, 0) is 19.4 Å². The van der Waals surface area contributed by atoms with E-state index in [9.17, 15) is 23.3 Å². The van der Waals surface area contributed by atoms with E-state index in [4.69, 9.17) is 9.15 Å². The van der Waals surface area contributed by atoms with E-state index < -0.39 is 26.7 Å². The maximum atomic E-state index is 13.3. The van der Waals surface area contributed by atoms with Crippen LogP contribution in [0.25, 0.3) is 22.1 Å². The first-order valence-corrected chi connectivity index (χ1v) is 13.7. The van der Waals surface area contributed by atoms with Gasteiger partial charge in [0.05, 0.1) is 16.4 Å². The molecule has 1 aliphatic heterocycles. The highest BCUT2D eigenvalue weighted by Crippen LogP contribution is 2.49. The number of furan rings is 1. The summed E-state index contributed by atoms with van der Waals surface area (Å²) in [6.07, 6.45) is 3.41. The first-order valence-electron chi connectivity index (χ1n) is 11.8. The van der Waals surface area contributed by atoms with Gasteiger partial charge < -0.3 is 14.5 Å². The molecular weight excluding hydrogens is 480 g/mol. The smallest absolute Gasteiger partial charge is 0.287 e. The fourth-order valence-electron chi connectivity index (χ4n) is 4.65. The zero-order valence-corrected chi connectivity index (χ0v) is 20.7. The Bertz CT molecular complexity index is 1490. The molecule has 0 radical (unpaired) electrons. The first kappa shape index (κ1) is 24.2. The third-order valence-electron chi connectivity index (χ3n) is 7.18. The molecule has 2 aliphatic rings. The van der Waals surface area contributed by atoms with Crippen LogP contribution in [0.4, 0.5) is 0 Å². The van der Waals surface area contributed by atoms with Crippen LogP contribution in [0.3, 0.4) is 0 Å². The van der Waals surface area contributed by atoms with Crippen molar-refractivity contribution in [1.82, 2.24) is 5.32 Å². The highest BCUT2D eigenvalue weighted by molar-refractivity contribution is 7.90. The van der Waals surface area contributed by atoms with Crippen molar-refractivity contribution in [2.24, 2.45) is 5.41 Å². The van der Waals surface area contributed by atoms with Crippen LogP contribution in [0.5, 0.6) is 0 Å². The number of sulfone groups is 1. The number of hydrogen-bond acceptors (Lipinski definition) is 7. The number of ether oxygens (including phenoxy) is 1. The molecule has 1 N–H and O–H groups in total. The van der Waals surface area contributed by atoms with Crippen LogP contribution in [0.15, 0.2) is 57.8 Å². The molecule has 2 heterocycles. The second kappa shape index (κ2) is 8.87. The van der Waals surface area contributed by atoms with Crippen molar-refractivity contribution in [2.75, 3.05) is 19.5 Å². The van der Waals surface area contributed by atoms with Crippen LogP contribution in [0, 0.1) is 16.7 Å². The van der Waals surface area contributed by atoms with E-state index in [1.165, 1.54) is 0 Å². The number of rotatable bonds is 7. The van der Waals surface area contributed by atoms with Gasteiger partial charge in [-0.1, -0.05) is 24.3 Å². The normalized spacial score (nSPS) is 18.3. The molecule has 1 saturated heterocycles. The summed E-state index contributed by atoms with van der Waals surface area (Å²) in [6, 6.07) is 15.9. The number of nitrogens with zero attached hydrogens (tertiary/aromatic N) is 1. The molecule has 5 rings (SSSR count). The number of hydrogen-bond donors (Lipinski definition) is 1. The Kier molecular flexibility index (Phi) is 5.97. The molecule has 0 bridgehead atoms. The lowest BCUT2D eigenvalue weighted by Gasteiger charge is -2.36. The Morgan fingerprint density at radius 1 is 1.00 bits per heavy atom. The van der Waals surface area contributed by atoms with E-state index in [0.717, 1.165) is 22.8 Å². The lowest BCUT2D eigenvalue weighted by atomic mass is 9.80. The maximum Gasteiger partial charge on any atom is 0.287 e. The van der Waals surface area contributed by atoms with E-state index in [1.807, 2.05) is 12.1 Å². The third-order valence-corrected chi connectivity index (χ3v) is 8.31. The van der Waals surface area contributed by atoms with Crippen molar-refractivity contribution in [3.05, 3.63) is 54.3 Å². The lowest BCUT2D eigenvalue weighted by Crippen LogP contribution is -2.57. The molecule has 1 aromatic heterocycles. The van der Waals surface area contributed by atoms with Gasteiger partial charge in [0.2, 0.25) is 0 Å². The largest absolute Gasteiger partial charge is 0.451 e. The first-order chi connectivity index (χ1) is 17.1. The van der Waals surface area contributed by atoms with Crippen LogP contribution < -0.4 is 5.32 Å². The minimum Gasteiger partial charge on any atom is -0.451 e. The van der Waals surface area contributed by atoms with E-state index in [-0.39, 0.29) is 22.9 Å². The zero-order chi connectivity index (χ0) is 25.6. The SMILES string of the molecule is CS(=O)(=O)c1ccc(-c2ccc3cc(C(=O)NC4(C(=O)CC5(C#N)CC5)CCOCC4)oc3c2)cc1. The number of ketones is 1. The number of amides is 1. The van der Waals surface area contributed by atoms with Gasteiger partial charge in [0.15, 0.2) is 21.4 Å². The van der Waals surface area contributed by atoms with Gasteiger partial charge in [0.25, 0.3) is 5.91 Å². The maximum absolute atomic E-state index is 13.3. The predicted molar refractivity (Wildman–Crippen MR) is 132 cm³/mol. The van der Waals surface area contributed by atoms with Gasteiger partial charge in [-0.3, -0.25) is 9.59 Å². The van der Waals surface area contributed by atoms with Crippen LogP contribution in [0.1, 0.15) is 42.7 Å². The number of nitrogens with one attached hydrogen (secondary N) is 1. The summed E-state index contributed by atoms with van der Waals surface area (Å²) in [7, 11) is -3.29. The number of fused-ring (bicyclic) bond motifs is 1. The molecule has 8 nitrogen and oxygen atoms in total. The van der Waals surface area contributed by atoms with Crippen molar-refractivity contribution < 1.29 is 27.2 Å². The third kappa shape index (κ3) is 4.66. The van der Waals surface area contributed by atoms with Gasteiger partial charge in [0, 0.05) is 44.1 Å². The summed E-state index contributed by atoms with van der Waals surface area (Å²) in [5.41, 5.74) is 0.449. The average molecular weight is 507 g/mol. The predicted octanol–water partition coefficient (Wildman–Crippen LogP) is 4.05. The van der Waals surface area contributed by atoms with Gasteiger partial charge in [0.1, 0.15) is 11.1 Å². The van der Waals surface area contributed by atoms with E-state index in [1.54, 1.807) is 36.4 Å². The molecule has 36 heavy (non-hydrogen) atoms. The molecular formula is C27H26N2O6S. The molecule has 3 aromatic rings. The number of carbonyl (C=O) groups excluding carboxylic acids is 2. The molecule has 2 fully saturated rings. The lowest BCUT2D eigenvalue weighted by molar-refractivity contribution is -0.129. The van der Waals surface area contributed by atoms with Crippen molar-refractivity contribution in [2.45, 2.75) is 42.5 Å². The van der Waals surface area contributed by atoms with Crippen LogP contribution in [-0.4, -0.2) is 45.1 Å². The van der Waals surface area contributed by atoms with Gasteiger partial charge in [-0.2, -0.15) is 5.26 Å². The Hall–Kier alpha value is -3.48. The highest BCUT2D eigenvalue weighted by atomic mass is 32.2. The second-order valence-corrected chi connectivity index (χ2v) is 11.8. The fourth-order valence-corrected chi connectivity index (χ4v) is 5.28. The molecule has 1 aliphatic carbocycles. The molecule has 9 heteroatoms. The molecule has 1 amide bonds. The molecule has 1 saturated carbocycles. The molecule has 2 aromatic carbocycles. The molecule has 0 spiro atoms. The summed E-state index contributed by atoms with van der Waals surface area (Å²) in [5, 5.41) is 13.1. The van der Waals surface area contributed by atoms with Gasteiger partial charge in [-0.05, 0) is 48.2 Å². The minimum absolute atomic E-state index is 0.0923. The summed E-state index contributed by atoms with van der Waals surface area (Å²) in [5.74, 6) is -0.522. The number of nitriles is 1. The quantitative estimate of drug-likeness (QED) is 0.512. The molecule has 0 atom stereocenters. The second-order valence-electron chi connectivity index (χ2n) is 9.80. The Balaban J connectivity index is 1.38. The van der Waals surface area contributed by atoms with E-state index in [0.29, 0.717) is 44.5 Å². The van der Waals surface area contributed by atoms with E-state index >= 15 is 0 Å². The summed E-state index contributed by atoms with van der Waals surface area (Å²) >= 11 is 0. The summed E-state index contributed by atoms with van der Waals surface area (Å²) < 4.78 is 34.7. The van der Waals surface area contributed by atoms with Crippen molar-refractivity contribution in [3.8, 4) is 17.2 Å². The van der Waals surface area contributed by atoms with Crippen LogP contribution >= 0.6 is 0 Å². The van der Waals surface area contributed by atoms with Crippen molar-refractivity contribution in [1.29, 1.82) is 5.26 Å². The number of benzene rings is 2. The van der Waals surface area contributed by atoms with Crippen molar-refractivity contribution >= 4 is 32.5 Å². The van der Waals surface area contributed by atoms with Crippen LogP contribution in [0.2, 0.25) is 0 Å². The summed E-state index contributed by atoms with van der Waals surface area (Å²) in [4.78, 5) is 26.7. The molecule has 186 valence electrons. The standard InChI is InChI=1S/C27H26N2O6S/c1-36(32,33)21-6-4-18(5-7-21)19-2-3-20-15-23(35-22(20)14-19)25(31)29-27(10-12-34-13-11-27)24(30)16-26(17-28)8-9-26/h2-7,14-15H,8-13,16H2,1H3,(H,29,31). The Labute approximate surface area is 209 Å². The van der Waals surface area contributed by atoms with Gasteiger partial charge in [-0.25, -0.2) is 8.42 Å². The van der Waals surface area contributed by atoms with Gasteiger partial charge >= 0.3 is 0 Å². The number of carbonyl (C=O) groups is 2. The Morgan fingerprint density at radius 3 is 2.28 bits per heavy atom.